The summed E-state index contributed by atoms with van der Waals surface area (Å²) < 4.78 is 0. The maximum absolute atomic E-state index is 11.2. The second kappa shape index (κ2) is 2.98. The minimum absolute atomic E-state index is 0.0939. The van der Waals surface area contributed by atoms with Crippen molar-refractivity contribution in [3.63, 3.8) is 0 Å². The third kappa shape index (κ3) is 1.19. The number of unbranched alkanes of at least 4 members (excludes halogenated alkanes) is 1. The summed E-state index contributed by atoms with van der Waals surface area (Å²) in [7, 11) is 0. The molecule has 1 N–H and O–H groups in total. The lowest BCUT2D eigenvalue weighted by atomic mass is 9.74. The summed E-state index contributed by atoms with van der Waals surface area (Å²) in [6.07, 6.45) is 5.15. The Morgan fingerprint density at radius 3 is 2.77 bits per heavy atom. The number of rotatable bonds is 3. The van der Waals surface area contributed by atoms with Gasteiger partial charge in [0.2, 0.25) is 11.8 Å². The van der Waals surface area contributed by atoms with Gasteiger partial charge in [0.25, 0.3) is 0 Å². The van der Waals surface area contributed by atoms with Crippen LogP contribution in [0.25, 0.3) is 0 Å². The van der Waals surface area contributed by atoms with E-state index in [1.807, 2.05) is 6.08 Å². The molecule has 1 heterocycles. The van der Waals surface area contributed by atoms with Crippen LogP contribution in [0.2, 0.25) is 0 Å². The van der Waals surface area contributed by atoms with E-state index in [4.69, 9.17) is 0 Å². The molecule has 2 amide bonds. The molecule has 70 valence electrons. The zero-order chi connectivity index (χ0) is 9.42. The normalized spacial score (nSPS) is 30.7. The molecule has 2 rings (SSSR count). The third-order valence-corrected chi connectivity index (χ3v) is 2.80. The second-order valence-electron chi connectivity index (χ2n) is 3.70. The van der Waals surface area contributed by atoms with Crippen molar-refractivity contribution in [1.29, 1.82) is 0 Å². The van der Waals surface area contributed by atoms with Crippen LogP contribution in [-0.2, 0) is 9.59 Å². The Bertz CT molecular complexity index is 293. The van der Waals surface area contributed by atoms with E-state index in [1.165, 1.54) is 0 Å². The molecule has 0 radical (unpaired) electrons. The van der Waals surface area contributed by atoms with Crippen molar-refractivity contribution in [1.82, 2.24) is 5.32 Å². The third-order valence-electron chi connectivity index (χ3n) is 2.80. The average Bonchev–Trinajstić information content (AvgIpc) is 2.21. The van der Waals surface area contributed by atoms with E-state index in [0.717, 1.165) is 24.8 Å². The Labute approximate surface area is 77.2 Å². The molecule has 13 heavy (non-hydrogen) atoms. The van der Waals surface area contributed by atoms with Crippen LogP contribution in [0.4, 0.5) is 0 Å². The van der Waals surface area contributed by atoms with Crippen LogP contribution in [-0.4, -0.2) is 11.8 Å². The SMILES string of the molecule is CCCCC1=C[C@@H]2C(=O)NC(=O)[C@H]12. The van der Waals surface area contributed by atoms with Gasteiger partial charge in [-0.15, -0.1) is 0 Å². The molecule has 2 atom stereocenters. The van der Waals surface area contributed by atoms with Gasteiger partial charge in [-0.1, -0.05) is 25.0 Å². The first-order valence-electron chi connectivity index (χ1n) is 4.79. The molecule has 1 aliphatic carbocycles. The highest BCUT2D eigenvalue weighted by molar-refractivity contribution is 6.09. The predicted octanol–water partition coefficient (Wildman–Crippen LogP) is 1.01. The molecule has 1 fully saturated rings. The van der Waals surface area contributed by atoms with Gasteiger partial charge in [0, 0.05) is 0 Å². The lowest BCUT2D eigenvalue weighted by molar-refractivity contribution is -0.125. The summed E-state index contributed by atoms with van der Waals surface area (Å²) in [5.41, 5.74) is 1.16. The Morgan fingerprint density at radius 1 is 1.38 bits per heavy atom. The van der Waals surface area contributed by atoms with Gasteiger partial charge in [-0.05, 0) is 12.8 Å². The summed E-state index contributed by atoms with van der Waals surface area (Å²) in [6.45, 7) is 2.12. The topological polar surface area (TPSA) is 46.2 Å². The highest BCUT2D eigenvalue weighted by Crippen LogP contribution is 2.40. The van der Waals surface area contributed by atoms with Gasteiger partial charge in [0.15, 0.2) is 0 Å². The van der Waals surface area contributed by atoms with E-state index in [9.17, 15) is 9.59 Å². The van der Waals surface area contributed by atoms with Gasteiger partial charge in [-0.3, -0.25) is 14.9 Å². The molecular formula is C10H13NO2. The number of fused-ring (bicyclic) bond motifs is 1. The zero-order valence-electron chi connectivity index (χ0n) is 7.67. The zero-order valence-corrected chi connectivity index (χ0v) is 7.67. The lowest BCUT2D eigenvalue weighted by Gasteiger charge is -2.26. The molecule has 0 aromatic heterocycles. The highest BCUT2D eigenvalue weighted by atomic mass is 16.2. The molecule has 1 aliphatic heterocycles. The second-order valence-corrected chi connectivity index (χ2v) is 3.70. The summed E-state index contributed by atoms with van der Waals surface area (Å²) in [4.78, 5) is 22.3. The van der Waals surface area contributed by atoms with Crippen molar-refractivity contribution in [2.45, 2.75) is 26.2 Å². The number of carbonyl (C=O) groups is 2. The molecule has 0 aromatic carbocycles. The van der Waals surface area contributed by atoms with E-state index in [1.54, 1.807) is 0 Å². The molecule has 0 bridgehead atoms. The maximum atomic E-state index is 11.2. The van der Waals surface area contributed by atoms with Gasteiger partial charge >= 0.3 is 0 Å². The number of hydrogen-bond donors (Lipinski definition) is 1. The monoisotopic (exact) mass is 179 g/mol. The fourth-order valence-electron chi connectivity index (χ4n) is 2.00. The van der Waals surface area contributed by atoms with Crippen LogP contribution in [0.3, 0.4) is 0 Å². The lowest BCUT2D eigenvalue weighted by Crippen LogP contribution is -2.27. The molecule has 0 aromatic rings. The maximum Gasteiger partial charge on any atom is 0.234 e. The van der Waals surface area contributed by atoms with Gasteiger partial charge < -0.3 is 0 Å². The van der Waals surface area contributed by atoms with Crippen molar-refractivity contribution in [2.75, 3.05) is 0 Å². The molecule has 3 nitrogen and oxygen atoms in total. The van der Waals surface area contributed by atoms with Crippen molar-refractivity contribution < 1.29 is 9.59 Å². The molecular weight excluding hydrogens is 166 g/mol. The van der Waals surface area contributed by atoms with Crippen LogP contribution in [0.1, 0.15) is 26.2 Å². The number of amides is 2. The Morgan fingerprint density at radius 2 is 2.15 bits per heavy atom. The van der Waals surface area contributed by atoms with Crippen LogP contribution < -0.4 is 5.32 Å². The number of hydrogen-bond acceptors (Lipinski definition) is 2. The van der Waals surface area contributed by atoms with Crippen LogP contribution in [0, 0.1) is 11.8 Å². The summed E-state index contributed by atoms with van der Waals surface area (Å²) >= 11 is 0. The fraction of sp³-hybridized carbons (Fsp3) is 0.600. The van der Waals surface area contributed by atoms with Crippen LogP contribution in [0.5, 0.6) is 0 Å². The van der Waals surface area contributed by atoms with Crippen LogP contribution in [0.15, 0.2) is 11.6 Å². The predicted molar refractivity (Wildman–Crippen MR) is 47.7 cm³/mol. The minimum atomic E-state index is -0.139. The highest BCUT2D eigenvalue weighted by Gasteiger charge is 2.47. The first-order valence-corrected chi connectivity index (χ1v) is 4.79. The van der Waals surface area contributed by atoms with Crippen molar-refractivity contribution in [2.24, 2.45) is 11.8 Å². The van der Waals surface area contributed by atoms with E-state index in [2.05, 4.69) is 12.2 Å². The molecule has 0 spiro atoms. The Hall–Kier alpha value is -1.12. The Balaban J connectivity index is 2.03. The van der Waals surface area contributed by atoms with E-state index in [-0.39, 0.29) is 23.7 Å². The van der Waals surface area contributed by atoms with Gasteiger partial charge in [-0.25, -0.2) is 0 Å². The van der Waals surface area contributed by atoms with Crippen molar-refractivity contribution in [3.8, 4) is 0 Å². The first-order chi connectivity index (χ1) is 6.24. The van der Waals surface area contributed by atoms with Gasteiger partial charge in [-0.2, -0.15) is 0 Å². The average molecular weight is 179 g/mol. The summed E-state index contributed by atoms with van der Waals surface area (Å²) in [5.74, 6) is -0.461. The number of nitrogens with one attached hydrogen (secondary N) is 1. The van der Waals surface area contributed by atoms with Crippen LogP contribution >= 0.6 is 0 Å². The molecule has 1 saturated heterocycles. The summed E-state index contributed by atoms with van der Waals surface area (Å²) in [6, 6.07) is 0. The molecule has 0 unspecified atom stereocenters. The quantitative estimate of drug-likeness (QED) is 0.519. The molecule has 3 heteroatoms. The Kier molecular flexibility index (Phi) is 1.94. The van der Waals surface area contributed by atoms with Crippen molar-refractivity contribution in [3.05, 3.63) is 11.6 Å². The smallest absolute Gasteiger partial charge is 0.234 e. The van der Waals surface area contributed by atoms with Gasteiger partial charge in [0.05, 0.1) is 11.8 Å². The standard InChI is InChI=1S/C10H13NO2/c1-2-3-4-6-5-7-8(6)10(13)11-9(7)12/h5,7-8H,2-4H2,1H3,(H,11,12,13)/t7-,8+/m0/s1. The number of carbonyl (C=O) groups excluding carboxylic acids is 2. The van der Waals surface area contributed by atoms with Gasteiger partial charge in [0.1, 0.15) is 0 Å². The largest absolute Gasteiger partial charge is 0.295 e. The van der Waals surface area contributed by atoms with E-state index in [0.29, 0.717) is 0 Å². The molecule has 2 aliphatic rings. The van der Waals surface area contributed by atoms with E-state index < -0.39 is 0 Å². The van der Waals surface area contributed by atoms with E-state index >= 15 is 0 Å². The minimum Gasteiger partial charge on any atom is -0.295 e. The fourth-order valence-corrected chi connectivity index (χ4v) is 2.00. The molecule has 0 saturated carbocycles. The van der Waals surface area contributed by atoms with Crippen molar-refractivity contribution >= 4 is 11.8 Å². The summed E-state index contributed by atoms with van der Waals surface area (Å²) in [5, 5.41) is 2.36. The number of imide groups is 1. The first kappa shape index (κ1) is 8.48.